The summed E-state index contributed by atoms with van der Waals surface area (Å²) in [6, 6.07) is 9.09. The molecule has 0 aliphatic carbocycles. The fraction of sp³-hybridized carbons (Fsp3) is 0. The molecule has 0 N–H and O–H groups in total. The molecule has 5 heteroatoms. The molecular weight excluding hydrogens is 367 g/mol. The second kappa shape index (κ2) is 5.63. The molecule has 0 aliphatic heterocycles. The Hall–Kier alpha value is -1.20. The van der Waals surface area contributed by atoms with E-state index in [0.29, 0.717) is 26.0 Å². The predicted molar refractivity (Wildman–Crippen MR) is 73.7 cm³/mol. The molecule has 92 valence electrons. The van der Waals surface area contributed by atoms with Crippen molar-refractivity contribution in [2.75, 3.05) is 0 Å². The van der Waals surface area contributed by atoms with E-state index in [4.69, 9.17) is 4.74 Å². The molecule has 0 amide bonds. The average Bonchev–Trinajstić information content (AvgIpc) is 2.36. The SMILES string of the molecule is O=Cc1ccc(Oc2cc(F)ccc2Br)c(Br)c1. The summed E-state index contributed by atoms with van der Waals surface area (Å²) < 4.78 is 20.0. The first kappa shape index (κ1) is 13.2. The fourth-order valence-corrected chi connectivity index (χ4v) is 2.15. The summed E-state index contributed by atoms with van der Waals surface area (Å²) in [5, 5.41) is 0. The van der Waals surface area contributed by atoms with Gasteiger partial charge in [0.05, 0.1) is 8.95 Å². The Morgan fingerprint density at radius 2 is 1.78 bits per heavy atom. The molecule has 0 heterocycles. The van der Waals surface area contributed by atoms with Crippen molar-refractivity contribution >= 4 is 38.1 Å². The van der Waals surface area contributed by atoms with Crippen LogP contribution in [0.4, 0.5) is 4.39 Å². The van der Waals surface area contributed by atoms with Crippen molar-refractivity contribution in [3.05, 3.63) is 56.7 Å². The molecule has 18 heavy (non-hydrogen) atoms. The van der Waals surface area contributed by atoms with Crippen molar-refractivity contribution in [3.8, 4) is 11.5 Å². The number of ether oxygens (including phenoxy) is 1. The molecule has 2 aromatic rings. The molecule has 0 bridgehead atoms. The van der Waals surface area contributed by atoms with Crippen molar-refractivity contribution in [2.24, 2.45) is 0 Å². The largest absolute Gasteiger partial charge is 0.455 e. The number of carbonyl (C=O) groups excluding carboxylic acids is 1. The smallest absolute Gasteiger partial charge is 0.150 e. The lowest BCUT2D eigenvalue weighted by atomic mass is 10.2. The molecule has 0 saturated carbocycles. The van der Waals surface area contributed by atoms with E-state index in [2.05, 4.69) is 31.9 Å². The van der Waals surface area contributed by atoms with Gasteiger partial charge in [0.15, 0.2) is 0 Å². The van der Waals surface area contributed by atoms with Crippen LogP contribution >= 0.6 is 31.9 Å². The summed E-state index contributed by atoms with van der Waals surface area (Å²) in [5.41, 5.74) is 0.535. The number of hydrogen-bond acceptors (Lipinski definition) is 2. The highest BCUT2D eigenvalue weighted by Crippen LogP contribution is 2.34. The van der Waals surface area contributed by atoms with Crippen LogP contribution in [0.25, 0.3) is 0 Å². The lowest BCUT2D eigenvalue weighted by molar-refractivity contribution is 0.112. The first-order valence-corrected chi connectivity index (χ1v) is 6.56. The van der Waals surface area contributed by atoms with Crippen molar-refractivity contribution < 1.29 is 13.9 Å². The summed E-state index contributed by atoms with van der Waals surface area (Å²) in [5.74, 6) is 0.496. The number of hydrogen-bond donors (Lipinski definition) is 0. The van der Waals surface area contributed by atoms with Gasteiger partial charge in [0.1, 0.15) is 23.6 Å². The summed E-state index contributed by atoms with van der Waals surface area (Å²) in [4.78, 5) is 10.6. The Kier molecular flexibility index (Phi) is 4.14. The van der Waals surface area contributed by atoms with Crippen LogP contribution in [0.5, 0.6) is 11.5 Å². The Labute approximate surface area is 120 Å². The third-order valence-electron chi connectivity index (χ3n) is 2.21. The van der Waals surface area contributed by atoms with Gasteiger partial charge in [-0.1, -0.05) is 0 Å². The zero-order chi connectivity index (χ0) is 13.1. The van der Waals surface area contributed by atoms with Crippen LogP contribution in [0.3, 0.4) is 0 Å². The van der Waals surface area contributed by atoms with E-state index in [-0.39, 0.29) is 5.82 Å². The molecule has 0 fully saturated rings. The molecule has 2 rings (SSSR count). The first-order valence-electron chi connectivity index (χ1n) is 4.98. The molecule has 0 unspecified atom stereocenters. The van der Waals surface area contributed by atoms with E-state index in [1.165, 1.54) is 12.1 Å². The minimum atomic E-state index is -0.381. The van der Waals surface area contributed by atoms with Crippen LogP contribution in [0.2, 0.25) is 0 Å². The molecular formula is C13H7Br2FO2. The maximum Gasteiger partial charge on any atom is 0.150 e. The van der Waals surface area contributed by atoms with Gasteiger partial charge in [0.2, 0.25) is 0 Å². The van der Waals surface area contributed by atoms with Gasteiger partial charge in [-0.2, -0.15) is 0 Å². The monoisotopic (exact) mass is 372 g/mol. The Bertz CT molecular complexity index is 600. The number of rotatable bonds is 3. The van der Waals surface area contributed by atoms with Gasteiger partial charge in [-0.05, 0) is 62.2 Å². The maximum absolute atomic E-state index is 13.1. The summed E-state index contributed by atoms with van der Waals surface area (Å²) in [6.45, 7) is 0. The van der Waals surface area contributed by atoms with E-state index >= 15 is 0 Å². The second-order valence-electron chi connectivity index (χ2n) is 3.48. The van der Waals surface area contributed by atoms with E-state index in [1.807, 2.05) is 0 Å². The van der Waals surface area contributed by atoms with Gasteiger partial charge in [-0.25, -0.2) is 4.39 Å². The fourth-order valence-electron chi connectivity index (χ4n) is 1.35. The third-order valence-corrected chi connectivity index (χ3v) is 3.48. The number of benzene rings is 2. The maximum atomic E-state index is 13.1. The van der Waals surface area contributed by atoms with Gasteiger partial charge in [0.25, 0.3) is 0 Å². The van der Waals surface area contributed by atoms with Crippen molar-refractivity contribution in [3.63, 3.8) is 0 Å². The molecule has 0 atom stereocenters. The molecule has 2 nitrogen and oxygen atoms in total. The van der Waals surface area contributed by atoms with Crippen LogP contribution in [0.1, 0.15) is 10.4 Å². The number of aldehydes is 1. The summed E-state index contributed by atoms with van der Waals surface area (Å²) in [7, 11) is 0. The lowest BCUT2D eigenvalue weighted by Gasteiger charge is -2.09. The van der Waals surface area contributed by atoms with E-state index in [0.717, 1.165) is 6.29 Å². The second-order valence-corrected chi connectivity index (χ2v) is 5.19. The van der Waals surface area contributed by atoms with E-state index < -0.39 is 0 Å². The zero-order valence-electron chi connectivity index (χ0n) is 8.99. The highest BCUT2D eigenvalue weighted by molar-refractivity contribution is 9.11. The number of halogens is 3. The van der Waals surface area contributed by atoms with E-state index in [1.54, 1.807) is 24.3 Å². The molecule has 0 spiro atoms. The minimum absolute atomic E-state index is 0.370. The van der Waals surface area contributed by atoms with Crippen LogP contribution in [-0.4, -0.2) is 6.29 Å². The van der Waals surface area contributed by atoms with Crippen LogP contribution in [0.15, 0.2) is 45.3 Å². The predicted octanol–water partition coefficient (Wildman–Crippen LogP) is 4.96. The highest BCUT2D eigenvalue weighted by Gasteiger charge is 2.08. The van der Waals surface area contributed by atoms with Gasteiger partial charge in [-0.15, -0.1) is 0 Å². The van der Waals surface area contributed by atoms with Crippen LogP contribution < -0.4 is 4.74 Å². The topological polar surface area (TPSA) is 26.3 Å². The zero-order valence-corrected chi connectivity index (χ0v) is 12.2. The van der Waals surface area contributed by atoms with Gasteiger partial charge < -0.3 is 4.74 Å². The summed E-state index contributed by atoms with van der Waals surface area (Å²) in [6.07, 6.45) is 0.743. The van der Waals surface area contributed by atoms with Crippen molar-refractivity contribution in [1.29, 1.82) is 0 Å². The van der Waals surface area contributed by atoms with Crippen LogP contribution in [-0.2, 0) is 0 Å². The molecule has 0 aliphatic rings. The Balaban J connectivity index is 2.34. The van der Waals surface area contributed by atoms with E-state index in [9.17, 15) is 9.18 Å². The Morgan fingerprint density at radius 1 is 1.00 bits per heavy atom. The highest BCUT2D eigenvalue weighted by atomic mass is 79.9. The molecule has 0 radical (unpaired) electrons. The lowest BCUT2D eigenvalue weighted by Crippen LogP contribution is -1.89. The minimum Gasteiger partial charge on any atom is -0.455 e. The summed E-state index contributed by atoms with van der Waals surface area (Å²) >= 11 is 6.57. The van der Waals surface area contributed by atoms with Gasteiger partial charge in [0, 0.05) is 11.6 Å². The quantitative estimate of drug-likeness (QED) is 0.711. The molecule has 2 aromatic carbocycles. The van der Waals surface area contributed by atoms with Crippen molar-refractivity contribution in [2.45, 2.75) is 0 Å². The van der Waals surface area contributed by atoms with Crippen LogP contribution in [0, 0.1) is 5.82 Å². The number of carbonyl (C=O) groups is 1. The standard InChI is InChI=1S/C13H7Br2FO2/c14-10-3-2-9(16)6-13(10)18-12-4-1-8(7-17)5-11(12)15/h1-7H. The molecule has 0 aromatic heterocycles. The normalized spacial score (nSPS) is 10.2. The average molecular weight is 374 g/mol. The van der Waals surface area contributed by atoms with Gasteiger partial charge >= 0.3 is 0 Å². The first-order chi connectivity index (χ1) is 8.60. The Morgan fingerprint density at radius 3 is 2.44 bits per heavy atom. The molecule has 0 saturated heterocycles. The third kappa shape index (κ3) is 2.97. The van der Waals surface area contributed by atoms with Gasteiger partial charge in [-0.3, -0.25) is 4.79 Å². The van der Waals surface area contributed by atoms with Crippen molar-refractivity contribution in [1.82, 2.24) is 0 Å².